The van der Waals surface area contributed by atoms with Gasteiger partial charge < -0.3 is 10.2 Å². The smallest absolute Gasteiger partial charge is 0.253 e. The van der Waals surface area contributed by atoms with E-state index in [1.54, 1.807) is 24.5 Å². The average Bonchev–Trinajstić information content (AvgIpc) is 2.68. The first-order valence-electron chi connectivity index (χ1n) is 9.03. The summed E-state index contributed by atoms with van der Waals surface area (Å²) in [6.07, 6.45) is 5.37. The molecule has 2 aromatic rings. The first-order chi connectivity index (χ1) is 12.6. The monoisotopic (exact) mass is 352 g/mol. The molecule has 1 fully saturated rings. The van der Waals surface area contributed by atoms with Crippen molar-refractivity contribution in [2.75, 3.05) is 19.6 Å². The summed E-state index contributed by atoms with van der Waals surface area (Å²) in [5.74, 6) is 0.0624. The fraction of sp³-hybridized carbons (Fsp3) is 0.400. The van der Waals surface area contributed by atoms with Gasteiger partial charge in [0.15, 0.2) is 0 Å². The van der Waals surface area contributed by atoms with Gasteiger partial charge in [0.1, 0.15) is 0 Å². The first kappa shape index (κ1) is 18.0. The van der Waals surface area contributed by atoms with E-state index in [2.05, 4.69) is 15.3 Å². The van der Waals surface area contributed by atoms with Crippen LogP contribution in [0.25, 0.3) is 0 Å². The molecule has 3 rings (SSSR count). The van der Waals surface area contributed by atoms with Crippen LogP contribution in [0, 0.1) is 12.8 Å². The zero-order valence-corrected chi connectivity index (χ0v) is 15.0. The fourth-order valence-electron chi connectivity index (χ4n) is 3.22. The number of amides is 2. The summed E-state index contributed by atoms with van der Waals surface area (Å²) < 4.78 is 0. The van der Waals surface area contributed by atoms with Crippen molar-refractivity contribution in [1.82, 2.24) is 20.2 Å². The van der Waals surface area contributed by atoms with Crippen molar-refractivity contribution in [2.24, 2.45) is 5.92 Å². The number of likely N-dealkylation sites (tertiary alicyclic amines) is 1. The van der Waals surface area contributed by atoms with Crippen molar-refractivity contribution in [3.05, 3.63) is 59.7 Å². The molecule has 0 aliphatic carbocycles. The molecule has 2 aromatic heterocycles. The Hall–Kier alpha value is -2.76. The maximum Gasteiger partial charge on any atom is 0.253 e. The highest BCUT2D eigenvalue weighted by molar-refractivity contribution is 5.94. The Bertz CT molecular complexity index is 755. The van der Waals surface area contributed by atoms with E-state index in [1.165, 1.54) is 0 Å². The Kier molecular flexibility index (Phi) is 5.94. The van der Waals surface area contributed by atoms with E-state index in [1.807, 2.05) is 30.0 Å². The van der Waals surface area contributed by atoms with Crippen LogP contribution in [-0.2, 0) is 11.2 Å². The maximum absolute atomic E-state index is 12.4. The number of rotatable bonds is 5. The van der Waals surface area contributed by atoms with Crippen molar-refractivity contribution in [1.29, 1.82) is 0 Å². The van der Waals surface area contributed by atoms with Gasteiger partial charge in [-0.05, 0) is 44.0 Å². The van der Waals surface area contributed by atoms with Crippen LogP contribution in [0.4, 0.5) is 0 Å². The van der Waals surface area contributed by atoms with E-state index in [9.17, 15) is 9.59 Å². The zero-order valence-electron chi connectivity index (χ0n) is 15.0. The van der Waals surface area contributed by atoms with E-state index in [0.29, 0.717) is 38.0 Å². The van der Waals surface area contributed by atoms with E-state index in [4.69, 9.17) is 0 Å². The summed E-state index contributed by atoms with van der Waals surface area (Å²) in [5.41, 5.74) is 2.62. The number of hydrogen-bond acceptors (Lipinski definition) is 4. The molecule has 0 radical (unpaired) electrons. The summed E-state index contributed by atoms with van der Waals surface area (Å²) in [6, 6.07) is 9.36. The predicted molar refractivity (Wildman–Crippen MR) is 98.6 cm³/mol. The molecule has 26 heavy (non-hydrogen) atoms. The number of hydrogen-bond donors (Lipinski definition) is 1. The molecule has 0 aromatic carbocycles. The van der Waals surface area contributed by atoms with Crippen molar-refractivity contribution < 1.29 is 9.59 Å². The second kappa shape index (κ2) is 8.56. The van der Waals surface area contributed by atoms with Crippen LogP contribution in [0.2, 0.25) is 0 Å². The highest BCUT2D eigenvalue weighted by atomic mass is 16.2. The van der Waals surface area contributed by atoms with Crippen molar-refractivity contribution in [3.63, 3.8) is 0 Å². The van der Waals surface area contributed by atoms with Crippen LogP contribution in [-0.4, -0.2) is 46.3 Å². The molecule has 2 amide bonds. The molecule has 136 valence electrons. The van der Waals surface area contributed by atoms with Crippen molar-refractivity contribution in [2.45, 2.75) is 26.2 Å². The van der Waals surface area contributed by atoms with E-state index < -0.39 is 0 Å². The molecule has 1 saturated heterocycles. The van der Waals surface area contributed by atoms with E-state index >= 15 is 0 Å². The van der Waals surface area contributed by atoms with Gasteiger partial charge in [-0.15, -0.1) is 0 Å². The number of carbonyl (C=O) groups is 2. The number of piperidine rings is 1. The fourth-order valence-corrected chi connectivity index (χ4v) is 3.22. The number of aromatic nitrogens is 2. The van der Waals surface area contributed by atoms with E-state index in [-0.39, 0.29) is 17.7 Å². The molecule has 3 heterocycles. The Morgan fingerprint density at radius 2 is 1.88 bits per heavy atom. The molecule has 1 aliphatic heterocycles. The number of nitrogens with zero attached hydrogens (tertiary/aromatic N) is 3. The van der Waals surface area contributed by atoms with Gasteiger partial charge in [-0.25, -0.2) is 0 Å². The molecule has 0 atom stereocenters. The molecule has 0 saturated carbocycles. The van der Waals surface area contributed by atoms with Crippen molar-refractivity contribution >= 4 is 11.8 Å². The number of pyridine rings is 2. The Balaban J connectivity index is 1.43. The molecule has 0 bridgehead atoms. The minimum absolute atomic E-state index is 0.0109. The third-order valence-electron chi connectivity index (χ3n) is 4.71. The molecule has 1 N–H and O–H groups in total. The summed E-state index contributed by atoms with van der Waals surface area (Å²) in [6.45, 7) is 3.77. The second-order valence-electron chi connectivity index (χ2n) is 6.61. The Labute approximate surface area is 153 Å². The number of carbonyl (C=O) groups excluding carboxylic acids is 2. The molecule has 6 heteroatoms. The SMILES string of the molecule is Cc1cccc(CCNC(=O)C2CCN(C(=O)c3ccncc3)CC2)n1. The average molecular weight is 352 g/mol. The van der Waals surface area contributed by atoms with Crippen LogP contribution < -0.4 is 5.32 Å². The highest BCUT2D eigenvalue weighted by Gasteiger charge is 2.27. The molecule has 6 nitrogen and oxygen atoms in total. The third-order valence-corrected chi connectivity index (χ3v) is 4.71. The van der Waals surface area contributed by atoms with Crippen LogP contribution in [0.1, 0.15) is 34.6 Å². The van der Waals surface area contributed by atoms with Gasteiger partial charge in [0, 0.05) is 61.3 Å². The van der Waals surface area contributed by atoms with Gasteiger partial charge >= 0.3 is 0 Å². The third kappa shape index (κ3) is 4.65. The lowest BCUT2D eigenvalue weighted by atomic mass is 9.95. The van der Waals surface area contributed by atoms with Gasteiger partial charge in [0.25, 0.3) is 5.91 Å². The number of nitrogens with one attached hydrogen (secondary N) is 1. The molecule has 0 spiro atoms. The molecule has 0 unspecified atom stereocenters. The molecule has 1 aliphatic rings. The van der Waals surface area contributed by atoms with Crippen LogP contribution in [0.5, 0.6) is 0 Å². The topological polar surface area (TPSA) is 75.2 Å². The lowest BCUT2D eigenvalue weighted by molar-refractivity contribution is -0.126. The number of aryl methyl sites for hydroxylation is 1. The van der Waals surface area contributed by atoms with Crippen LogP contribution in [0.3, 0.4) is 0 Å². The normalized spacial score (nSPS) is 14.9. The highest BCUT2D eigenvalue weighted by Crippen LogP contribution is 2.19. The Morgan fingerprint density at radius 1 is 1.15 bits per heavy atom. The second-order valence-corrected chi connectivity index (χ2v) is 6.61. The first-order valence-corrected chi connectivity index (χ1v) is 9.03. The summed E-state index contributed by atoms with van der Waals surface area (Å²) in [5, 5.41) is 3.01. The largest absolute Gasteiger partial charge is 0.355 e. The van der Waals surface area contributed by atoms with Crippen LogP contribution in [0.15, 0.2) is 42.7 Å². The quantitative estimate of drug-likeness (QED) is 0.893. The summed E-state index contributed by atoms with van der Waals surface area (Å²) in [7, 11) is 0. The summed E-state index contributed by atoms with van der Waals surface area (Å²) >= 11 is 0. The Morgan fingerprint density at radius 3 is 2.58 bits per heavy atom. The minimum atomic E-state index is -0.0260. The maximum atomic E-state index is 12.4. The van der Waals surface area contributed by atoms with Gasteiger partial charge in [0.2, 0.25) is 5.91 Å². The predicted octanol–water partition coefficient (Wildman–Crippen LogP) is 2.00. The lowest BCUT2D eigenvalue weighted by Gasteiger charge is -2.31. The standard InChI is InChI=1S/C20H24N4O2/c1-15-3-2-4-18(23-15)7-12-22-19(25)16-8-13-24(14-9-16)20(26)17-5-10-21-11-6-17/h2-6,10-11,16H,7-9,12-14H2,1H3,(H,22,25). The van der Waals surface area contributed by atoms with E-state index in [0.717, 1.165) is 17.8 Å². The zero-order chi connectivity index (χ0) is 18.4. The minimum Gasteiger partial charge on any atom is -0.355 e. The molecular formula is C20H24N4O2. The van der Waals surface area contributed by atoms with Gasteiger partial charge in [0.05, 0.1) is 0 Å². The summed E-state index contributed by atoms with van der Waals surface area (Å²) in [4.78, 5) is 35.0. The van der Waals surface area contributed by atoms with Gasteiger partial charge in [-0.3, -0.25) is 19.6 Å². The van der Waals surface area contributed by atoms with Crippen LogP contribution >= 0.6 is 0 Å². The van der Waals surface area contributed by atoms with Gasteiger partial charge in [-0.2, -0.15) is 0 Å². The lowest BCUT2D eigenvalue weighted by Crippen LogP contribution is -2.43. The van der Waals surface area contributed by atoms with Gasteiger partial charge in [-0.1, -0.05) is 6.07 Å². The van der Waals surface area contributed by atoms with Crippen molar-refractivity contribution in [3.8, 4) is 0 Å². The molecular weight excluding hydrogens is 328 g/mol.